The molecule has 11 atom stereocenters. The van der Waals surface area contributed by atoms with Gasteiger partial charge in [-0.1, -0.05) is 13.0 Å². The van der Waals surface area contributed by atoms with E-state index in [4.69, 9.17) is 9.47 Å². The summed E-state index contributed by atoms with van der Waals surface area (Å²) in [4.78, 5) is 11.4. The third kappa shape index (κ3) is 4.65. The maximum absolute atomic E-state index is 11.4. The fourth-order valence-electron chi connectivity index (χ4n) is 7.13. The highest BCUT2D eigenvalue weighted by Crippen LogP contribution is 2.61. The number of aliphatic carboxylic acids is 1. The first-order valence-electron chi connectivity index (χ1n) is 12.3. The van der Waals surface area contributed by atoms with Gasteiger partial charge < -0.3 is 44.4 Å². The van der Waals surface area contributed by atoms with Crippen molar-refractivity contribution in [2.45, 2.75) is 87.9 Å². The van der Waals surface area contributed by atoms with E-state index in [1.54, 1.807) is 12.1 Å². The van der Waals surface area contributed by atoms with Crippen molar-refractivity contribution in [3.63, 3.8) is 0 Å². The molecule has 4 N–H and O–H groups in total. The molecule has 13 heteroatoms. The molecule has 0 radical (unpaired) electrons. The van der Waals surface area contributed by atoms with Crippen LogP contribution in [0.3, 0.4) is 0 Å². The molecule has 206 valence electrons. The van der Waals surface area contributed by atoms with Gasteiger partial charge in [-0.05, 0) is 78.5 Å². The lowest BCUT2D eigenvalue weighted by atomic mass is 9.55. The maximum atomic E-state index is 11.4. The number of aryl methyl sites for hydroxylation is 1. The molecule has 12 nitrogen and oxygen atoms in total. The zero-order chi connectivity index (χ0) is 26.9. The second-order valence-corrected chi connectivity index (χ2v) is 11.9. The minimum Gasteiger partial charge on any atom is -0.726 e. The average molecular weight is 543 g/mol. The topological polar surface area (TPSA) is 206 Å². The zero-order valence-corrected chi connectivity index (χ0v) is 20.8. The summed E-state index contributed by atoms with van der Waals surface area (Å²) in [6.45, 7) is 2.06. The Morgan fingerprint density at radius 3 is 2.57 bits per heavy atom. The second kappa shape index (κ2) is 9.42. The Labute approximate surface area is 213 Å². The van der Waals surface area contributed by atoms with Crippen molar-refractivity contribution in [1.29, 1.82) is 0 Å². The summed E-state index contributed by atoms with van der Waals surface area (Å²) in [6.07, 6.45) is -7.94. The summed E-state index contributed by atoms with van der Waals surface area (Å²) >= 11 is 0. The molecule has 0 aromatic heterocycles. The van der Waals surface area contributed by atoms with Crippen molar-refractivity contribution < 1.29 is 57.0 Å². The lowest BCUT2D eigenvalue weighted by molar-refractivity contribution is -0.341. The van der Waals surface area contributed by atoms with Gasteiger partial charge in [0.25, 0.3) is 0 Å². The number of rotatable bonds is 5. The van der Waals surface area contributed by atoms with Crippen LogP contribution in [-0.4, -0.2) is 82.3 Å². The highest BCUT2D eigenvalue weighted by atomic mass is 32.3. The van der Waals surface area contributed by atoms with Crippen molar-refractivity contribution in [1.82, 2.24) is 0 Å². The Hall–Kier alpha value is -1.84. The van der Waals surface area contributed by atoms with Crippen molar-refractivity contribution >= 4 is 16.4 Å². The molecular formula is C24H30O12S-2. The van der Waals surface area contributed by atoms with Gasteiger partial charge in [0.2, 0.25) is 16.7 Å². The number of ether oxygens (including phenoxy) is 2. The van der Waals surface area contributed by atoms with E-state index in [1.807, 2.05) is 6.07 Å². The van der Waals surface area contributed by atoms with Crippen LogP contribution in [0, 0.1) is 17.3 Å². The standard InChI is InChI=1S/C24H32O12S/c1-24-7-6-13-12-5-3-11(8-10(12)2-4-14(13)15(24)9-16(25)21(24)28)34-23-18(27)19(36-37(31,32)33)17(26)20(35-23)22(29)30/h3,5,8,13-21,23,25-28H,2,4,6-7,9H2,1H3,(H,29,30)(H,31,32,33)/p-2/t13-,14-,15+,16-,17+,18-,19+,20+,21+,23-,24+/m1/s1. The van der Waals surface area contributed by atoms with Gasteiger partial charge in [-0.3, -0.25) is 4.18 Å². The molecule has 1 aromatic carbocycles. The van der Waals surface area contributed by atoms with Crippen LogP contribution < -0.4 is 9.84 Å². The number of aliphatic hydroxyl groups excluding tert-OH is 4. The highest BCUT2D eigenvalue weighted by Gasteiger charge is 2.57. The van der Waals surface area contributed by atoms with Crippen LogP contribution in [0.5, 0.6) is 5.75 Å². The van der Waals surface area contributed by atoms with E-state index in [9.17, 15) is 43.3 Å². The van der Waals surface area contributed by atoms with Crippen molar-refractivity contribution in [3.05, 3.63) is 29.3 Å². The summed E-state index contributed by atoms with van der Waals surface area (Å²) in [5, 5.41) is 52.9. The van der Waals surface area contributed by atoms with Crippen LogP contribution in [0.25, 0.3) is 0 Å². The number of carboxylic acids is 1. The largest absolute Gasteiger partial charge is 0.726 e. The number of carbonyl (C=O) groups is 1. The molecule has 2 saturated carbocycles. The Morgan fingerprint density at radius 2 is 1.89 bits per heavy atom. The molecule has 3 aliphatic carbocycles. The van der Waals surface area contributed by atoms with Crippen LogP contribution in [-0.2, 0) is 30.5 Å². The third-order valence-corrected chi connectivity index (χ3v) is 9.39. The Kier molecular flexibility index (Phi) is 6.81. The Balaban J connectivity index is 1.36. The van der Waals surface area contributed by atoms with E-state index in [0.29, 0.717) is 18.8 Å². The number of carbonyl (C=O) groups excluding carboxylic acids is 1. The molecule has 1 aliphatic heterocycles. The van der Waals surface area contributed by atoms with E-state index in [0.717, 1.165) is 30.4 Å². The third-order valence-electron chi connectivity index (χ3n) is 8.93. The van der Waals surface area contributed by atoms with Gasteiger partial charge in [0.05, 0.1) is 18.2 Å². The smallest absolute Gasteiger partial charge is 0.229 e. The molecule has 0 amide bonds. The monoisotopic (exact) mass is 542 g/mol. The van der Waals surface area contributed by atoms with E-state index < -0.39 is 59.3 Å². The fraction of sp³-hybridized carbons (Fsp3) is 0.708. The molecule has 1 heterocycles. The number of benzene rings is 1. The molecule has 37 heavy (non-hydrogen) atoms. The van der Waals surface area contributed by atoms with Crippen LogP contribution in [0.15, 0.2) is 18.2 Å². The molecule has 5 rings (SSSR count). The predicted molar refractivity (Wildman–Crippen MR) is 119 cm³/mol. The first kappa shape index (κ1) is 26.8. The lowest BCUT2D eigenvalue weighted by Gasteiger charge is -2.50. The van der Waals surface area contributed by atoms with Gasteiger partial charge in [-0.15, -0.1) is 0 Å². The lowest BCUT2D eigenvalue weighted by Crippen LogP contribution is -2.64. The number of carboxylic acid groups (broad SMARTS) is 1. The maximum Gasteiger partial charge on any atom is 0.229 e. The van der Waals surface area contributed by atoms with Crippen LogP contribution >= 0.6 is 0 Å². The number of hydrogen-bond donors (Lipinski definition) is 4. The van der Waals surface area contributed by atoms with Gasteiger partial charge in [0, 0.05) is 0 Å². The SMILES string of the molecule is C[C@]12CC[C@@H]3c4ccc(O[C@@H]5O[C@H](C(=O)[O-])[C@@H](O)[C@H](OS(=O)(=O)[O-])[C@H]5O)cc4CC[C@H]3[C@@H]1C[C@@H](O)[C@@H]2O. The molecule has 0 unspecified atom stereocenters. The highest BCUT2D eigenvalue weighted by molar-refractivity contribution is 7.80. The molecule has 1 saturated heterocycles. The second-order valence-electron chi connectivity index (χ2n) is 10.9. The van der Waals surface area contributed by atoms with Crippen molar-refractivity contribution in [3.8, 4) is 5.75 Å². The number of fused-ring (bicyclic) bond motifs is 5. The van der Waals surface area contributed by atoms with E-state index in [-0.39, 0.29) is 23.0 Å². The van der Waals surface area contributed by atoms with Crippen molar-refractivity contribution in [2.24, 2.45) is 17.3 Å². The molecule has 4 aliphatic rings. The normalized spacial score (nSPS) is 43.4. The predicted octanol–water partition coefficient (Wildman–Crippen LogP) is -1.70. The minimum atomic E-state index is -5.40. The summed E-state index contributed by atoms with van der Waals surface area (Å²) in [5.74, 6) is -0.958. The fourth-order valence-corrected chi connectivity index (χ4v) is 7.63. The van der Waals surface area contributed by atoms with E-state index in [2.05, 4.69) is 11.1 Å². The van der Waals surface area contributed by atoms with Gasteiger partial charge in [-0.25, -0.2) is 8.42 Å². The van der Waals surface area contributed by atoms with Crippen LogP contribution in [0.2, 0.25) is 0 Å². The Bertz CT molecular complexity index is 1160. The average Bonchev–Trinajstić information content (AvgIpc) is 3.06. The summed E-state index contributed by atoms with van der Waals surface area (Å²) < 4.78 is 48.1. The van der Waals surface area contributed by atoms with Gasteiger partial charge in [-0.2, -0.15) is 0 Å². The molecule has 0 spiro atoms. The number of aliphatic hydroxyl groups is 4. The molecule has 1 aromatic rings. The van der Waals surface area contributed by atoms with Gasteiger partial charge in [0.15, 0.2) is 0 Å². The minimum absolute atomic E-state index is 0.200. The van der Waals surface area contributed by atoms with Crippen LogP contribution in [0.4, 0.5) is 0 Å². The molecule has 3 fully saturated rings. The molecular weight excluding hydrogens is 512 g/mol. The van der Waals surface area contributed by atoms with E-state index >= 15 is 0 Å². The first-order valence-corrected chi connectivity index (χ1v) is 13.7. The zero-order valence-electron chi connectivity index (χ0n) is 20.0. The summed E-state index contributed by atoms with van der Waals surface area (Å²) in [6, 6.07) is 5.22. The quantitative estimate of drug-likeness (QED) is 0.243. The summed E-state index contributed by atoms with van der Waals surface area (Å²) in [7, 11) is -5.40. The summed E-state index contributed by atoms with van der Waals surface area (Å²) in [5.41, 5.74) is 1.79. The van der Waals surface area contributed by atoms with Crippen LogP contribution in [0.1, 0.15) is 49.7 Å². The first-order chi connectivity index (χ1) is 17.3. The Morgan fingerprint density at radius 1 is 1.16 bits per heavy atom. The number of hydrogen-bond acceptors (Lipinski definition) is 12. The van der Waals surface area contributed by atoms with Crippen molar-refractivity contribution in [2.75, 3.05) is 0 Å². The van der Waals surface area contributed by atoms with Gasteiger partial charge >= 0.3 is 0 Å². The molecule has 0 bridgehead atoms. The van der Waals surface area contributed by atoms with Gasteiger partial charge in [0.1, 0.15) is 30.2 Å². The van der Waals surface area contributed by atoms with E-state index in [1.165, 1.54) is 0 Å².